The van der Waals surface area contributed by atoms with Gasteiger partial charge in [0, 0.05) is 19.1 Å². The van der Waals surface area contributed by atoms with E-state index in [1.807, 2.05) is 19.1 Å². The molecule has 0 aliphatic carbocycles. The van der Waals surface area contributed by atoms with Gasteiger partial charge in [0.25, 0.3) is 0 Å². The summed E-state index contributed by atoms with van der Waals surface area (Å²) in [5.74, 6) is 0.197. The molecule has 1 aliphatic heterocycles. The molecule has 5 heteroatoms. The van der Waals surface area contributed by atoms with Crippen LogP contribution in [0.1, 0.15) is 39.7 Å². The van der Waals surface area contributed by atoms with Crippen LogP contribution in [0.3, 0.4) is 0 Å². The first-order valence-electron chi connectivity index (χ1n) is 7.48. The Morgan fingerprint density at radius 3 is 2.24 bits per heavy atom. The van der Waals surface area contributed by atoms with Crippen molar-refractivity contribution in [2.45, 2.75) is 50.5 Å². The van der Waals surface area contributed by atoms with E-state index in [1.54, 1.807) is 16.4 Å². The van der Waals surface area contributed by atoms with Crippen LogP contribution in [0.4, 0.5) is 0 Å². The maximum absolute atomic E-state index is 12.7. The molecule has 118 valence electrons. The zero-order valence-corrected chi connectivity index (χ0v) is 14.2. The Balaban J connectivity index is 2.24. The molecule has 0 radical (unpaired) electrons. The number of nitrogens with zero attached hydrogens (tertiary/aromatic N) is 1. The van der Waals surface area contributed by atoms with E-state index < -0.39 is 10.0 Å². The van der Waals surface area contributed by atoms with E-state index in [2.05, 4.69) is 20.8 Å². The summed E-state index contributed by atoms with van der Waals surface area (Å²) in [5, 5.41) is 0. The smallest absolute Gasteiger partial charge is 0.243 e. The molecular formula is C16H26N2O2S. The van der Waals surface area contributed by atoms with Crippen LogP contribution in [0.15, 0.2) is 29.2 Å². The first-order chi connectivity index (χ1) is 9.62. The second-order valence-electron chi connectivity index (χ2n) is 7.07. The van der Waals surface area contributed by atoms with E-state index in [0.29, 0.717) is 18.0 Å². The fourth-order valence-corrected chi connectivity index (χ4v) is 4.18. The van der Waals surface area contributed by atoms with Gasteiger partial charge in [0.1, 0.15) is 0 Å². The van der Waals surface area contributed by atoms with E-state index in [9.17, 15) is 8.42 Å². The van der Waals surface area contributed by atoms with Crippen molar-refractivity contribution in [1.82, 2.24) is 4.31 Å². The van der Waals surface area contributed by atoms with Crippen molar-refractivity contribution in [3.8, 4) is 0 Å². The monoisotopic (exact) mass is 310 g/mol. The first-order valence-corrected chi connectivity index (χ1v) is 8.92. The van der Waals surface area contributed by atoms with E-state index >= 15 is 0 Å². The summed E-state index contributed by atoms with van der Waals surface area (Å²) in [4.78, 5) is 0.373. The van der Waals surface area contributed by atoms with Gasteiger partial charge in [-0.3, -0.25) is 0 Å². The van der Waals surface area contributed by atoms with E-state index in [1.165, 1.54) is 0 Å². The molecule has 1 aromatic rings. The normalized spacial score (nSPS) is 25.0. The predicted molar refractivity (Wildman–Crippen MR) is 85.7 cm³/mol. The van der Waals surface area contributed by atoms with Crippen molar-refractivity contribution in [3.05, 3.63) is 29.8 Å². The molecule has 0 bridgehead atoms. The first kappa shape index (κ1) is 16.5. The minimum Gasteiger partial charge on any atom is -0.327 e. The number of benzene rings is 1. The highest BCUT2D eigenvalue weighted by atomic mass is 32.2. The van der Waals surface area contributed by atoms with Crippen LogP contribution >= 0.6 is 0 Å². The molecule has 0 saturated carbocycles. The van der Waals surface area contributed by atoms with Crippen molar-refractivity contribution < 1.29 is 8.42 Å². The molecule has 21 heavy (non-hydrogen) atoms. The quantitative estimate of drug-likeness (QED) is 0.912. The van der Waals surface area contributed by atoms with Crippen molar-refractivity contribution in [1.29, 1.82) is 0 Å². The highest BCUT2D eigenvalue weighted by Crippen LogP contribution is 2.26. The Morgan fingerprint density at radius 1 is 1.19 bits per heavy atom. The van der Waals surface area contributed by atoms with Gasteiger partial charge in [-0.05, 0) is 35.4 Å². The van der Waals surface area contributed by atoms with Crippen LogP contribution in [0.2, 0.25) is 0 Å². The molecule has 0 amide bonds. The highest BCUT2D eigenvalue weighted by Gasteiger charge is 2.32. The zero-order valence-electron chi connectivity index (χ0n) is 13.3. The van der Waals surface area contributed by atoms with Crippen molar-refractivity contribution >= 4 is 10.0 Å². The Bertz CT molecular complexity index is 588. The van der Waals surface area contributed by atoms with Crippen molar-refractivity contribution in [3.63, 3.8) is 0 Å². The van der Waals surface area contributed by atoms with Crippen LogP contribution in [0, 0.1) is 5.92 Å². The molecule has 2 atom stereocenters. The average molecular weight is 310 g/mol. The molecule has 1 aliphatic rings. The van der Waals surface area contributed by atoms with Gasteiger partial charge in [-0.1, -0.05) is 39.8 Å². The number of sulfonamides is 1. The zero-order chi connectivity index (χ0) is 15.8. The Labute approximate surface area is 128 Å². The van der Waals surface area contributed by atoms with E-state index in [4.69, 9.17) is 5.73 Å². The van der Waals surface area contributed by atoms with Gasteiger partial charge in [0.05, 0.1) is 4.90 Å². The fourth-order valence-electron chi connectivity index (χ4n) is 2.62. The number of piperidine rings is 1. The number of hydrogen-bond donors (Lipinski definition) is 1. The number of rotatable bonds is 2. The van der Waals surface area contributed by atoms with Crippen molar-refractivity contribution in [2.24, 2.45) is 11.7 Å². The lowest BCUT2D eigenvalue weighted by Crippen LogP contribution is -2.48. The highest BCUT2D eigenvalue weighted by molar-refractivity contribution is 7.89. The maximum atomic E-state index is 12.7. The number of hydrogen-bond acceptors (Lipinski definition) is 3. The topological polar surface area (TPSA) is 63.4 Å². The predicted octanol–water partition coefficient (Wildman–Crippen LogP) is 2.34. The van der Waals surface area contributed by atoms with Crippen LogP contribution in [-0.4, -0.2) is 31.9 Å². The van der Waals surface area contributed by atoms with Crippen LogP contribution in [0.25, 0.3) is 0 Å². The molecule has 2 N–H and O–H groups in total. The number of nitrogens with two attached hydrogens (primary N) is 1. The molecule has 1 saturated heterocycles. The third-order valence-electron chi connectivity index (χ3n) is 4.29. The standard InChI is InChI=1S/C16H26N2O2S/c1-12-11-18(10-9-15(12)17)21(19,20)14-7-5-13(6-8-14)16(2,3)4/h5-8,12,15H,9-11,17H2,1-4H3. The second kappa shape index (κ2) is 5.71. The van der Waals surface area contributed by atoms with Gasteiger partial charge in [-0.25, -0.2) is 8.42 Å². The van der Waals surface area contributed by atoms with Gasteiger partial charge in [0.15, 0.2) is 0 Å². The molecule has 0 spiro atoms. The van der Waals surface area contributed by atoms with Crippen LogP contribution in [-0.2, 0) is 15.4 Å². The van der Waals surface area contributed by atoms with E-state index in [-0.39, 0.29) is 17.4 Å². The lowest BCUT2D eigenvalue weighted by atomic mass is 9.87. The van der Waals surface area contributed by atoms with Crippen molar-refractivity contribution in [2.75, 3.05) is 13.1 Å². The summed E-state index contributed by atoms with van der Waals surface area (Å²) in [6.07, 6.45) is 0.723. The third kappa shape index (κ3) is 3.47. The summed E-state index contributed by atoms with van der Waals surface area (Å²) >= 11 is 0. The minimum absolute atomic E-state index is 0.0225. The average Bonchev–Trinajstić information content (AvgIpc) is 2.41. The largest absolute Gasteiger partial charge is 0.327 e. The molecule has 1 fully saturated rings. The van der Waals surface area contributed by atoms with Gasteiger partial charge in [0.2, 0.25) is 10.0 Å². The van der Waals surface area contributed by atoms with Gasteiger partial charge in [-0.15, -0.1) is 0 Å². The molecule has 1 heterocycles. The maximum Gasteiger partial charge on any atom is 0.243 e. The lowest BCUT2D eigenvalue weighted by molar-refractivity contribution is 0.250. The van der Waals surface area contributed by atoms with E-state index in [0.717, 1.165) is 12.0 Å². The molecule has 1 aromatic carbocycles. The Hall–Kier alpha value is -0.910. The Morgan fingerprint density at radius 2 is 1.76 bits per heavy atom. The molecule has 4 nitrogen and oxygen atoms in total. The third-order valence-corrected chi connectivity index (χ3v) is 6.17. The van der Waals surface area contributed by atoms with Crippen LogP contribution < -0.4 is 5.73 Å². The minimum atomic E-state index is -3.40. The molecule has 2 unspecified atom stereocenters. The van der Waals surface area contributed by atoms with Gasteiger partial charge in [-0.2, -0.15) is 4.31 Å². The Kier molecular flexibility index (Phi) is 4.47. The van der Waals surface area contributed by atoms with Crippen LogP contribution in [0.5, 0.6) is 0 Å². The fraction of sp³-hybridized carbons (Fsp3) is 0.625. The SMILES string of the molecule is CC1CN(S(=O)(=O)c2ccc(C(C)(C)C)cc2)CCC1N. The lowest BCUT2D eigenvalue weighted by Gasteiger charge is -2.34. The molecular weight excluding hydrogens is 284 g/mol. The summed E-state index contributed by atoms with van der Waals surface area (Å²) < 4.78 is 26.9. The summed E-state index contributed by atoms with van der Waals surface area (Å²) in [6.45, 7) is 9.37. The molecule has 2 rings (SSSR count). The summed E-state index contributed by atoms with van der Waals surface area (Å²) in [5.41, 5.74) is 7.13. The van der Waals surface area contributed by atoms with Gasteiger partial charge < -0.3 is 5.73 Å². The second-order valence-corrected chi connectivity index (χ2v) is 9.01. The van der Waals surface area contributed by atoms with Gasteiger partial charge >= 0.3 is 0 Å². The molecule has 0 aromatic heterocycles. The summed E-state index contributed by atoms with van der Waals surface area (Å²) in [6, 6.07) is 7.35. The summed E-state index contributed by atoms with van der Waals surface area (Å²) in [7, 11) is -3.40.